The van der Waals surface area contributed by atoms with Gasteiger partial charge in [0.05, 0.1) is 18.8 Å². The van der Waals surface area contributed by atoms with Crippen molar-refractivity contribution in [3.8, 4) is 0 Å². The second-order valence-corrected chi connectivity index (χ2v) is 2.13. The molecule has 0 aromatic rings. The lowest BCUT2D eigenvalue weighted by Crippen LogP contribution is -2.54. The van der Waals surface area contributed by atoms with Gasteiger partial charge in [-0.15, -0.1) is 0 Å². The molecule has 4 heteroatoms. The Hall–Kier alpha value is -0.160. The number of nitrogens with one attached hydrogen (secondary N) is 3. The molecule has 0 radical (unpaired) electrons. The van der Waals surface area contributed by atoms with E-state index in [1.165, 1.54) is 0 Å². The summed E-state index contributed by atoms with van der Waals surface area (Å²) in [5.74, 6) is 0. The summed E-state index contributed by atoms with van der Waals surface area (Å²) in [7, 11) is 5.52. The van der Waals surface area contributed by atoms with Gasteiger partial charge in [-0.25, -0.2) is 0 Å². The van der Waals surface area contributed by atoms with E-state index in [4.69, 9.17) is 5.11 Å². The molecule has 0 aromatic carbocycles. The average molecular weight is 147 g/mol. The van der Waals surface area contributed by atoms with Crippen molar-refractivity contribution in [2.45, 2.75) is 12.2 Å². The van der Waals surface area contributed by atoms with Crippen molar-refractivity contribution in [1.82, 2.24) is 16.0 Å². The Balaban J connectivity index is 3.70. The zero-order chi connectivity index (χ0) is 7.98. The Morgan fingerprint density at radius 1 is 1.10 bits per heavy atom. The standard InChI is InChI=1S/C6H17N3O/c1-7-5(4-10)6(8-2)9-3/h5-10H,4H2,1-3H3. The van der Waals surface area contributed by atoms with Gasteiger partial charge >= 0.3 is 0 Å². The van der Waals surface area contributed by atoms with Crippen LogP contribution in [0.25, 0.3) is 0 Å². The van der Waals surface area contributed by atoms with E-state index in [-0.39, 0.29) is 18.8 Å². The van der Waals surface area contributed by atoms with Crippen LogP contribution in [-0.4, -0.2) is 45.1 Å². The van der Waals surface area contributed by atoms with E-state index in [1.807, 2.05) is 21.1 Å². The molecule has 0 aliphatic heterocycles. The number of hydrogen-bond acceptors (Lipinski definition) is 4. The second kappa shape index (κ2) is 5.61. The number of rotatable bonds is 5. The summed E-state index contributed by atoms with van der Waals surface area (Å²) in [5, 5.41) is 17.8. The summed E-state index contributed by atoms with van der Waals surface area (Å²) in [4.78, 5) is 0. The van der Waals surface area contributed by atoms with Crippen LogP contribution in [0, 0.1) is 0 Å². The lowest BCUT2D eigenvalue weighted by atomic mass is 10.2. The number of aliphatic hydroxyl groups excluding tert-OH is 1. The minimum Gasteiger partial charge on any atom is -0.395 e. The third kappa shape index (κ3) is 2.62. The van der Waals surface area contributed by atoms with Crippen LogP contribution in [-0.2, 0) is 0 Å². The van der Waals surface area contributed by atoms with Gasteiger partial charge in [-0.1, -0.05) is 0 Å². The third-order valence-corrected chi connectivity index (χ3v) is 1.59. The van der Waals surface area contributed by atoms with Crippen molar-refractivity contribution >= 4 is 0 Å². The molecular weight excluding hydrogens is 130 g/mol. The van der Waals surface area contributed by atoms with Crippen LogP contribution in [0.5, 0.6) is 0 Å². The molecule has 0 bridgehead atoms. The van der Waals surface area contributed by atoms with Crippen molar-refractivity contribution in [2.24, 2.45) is 0 Å². The van der Waals surface area contributed by atoms with Gasteiger partial charge in [0.25, 0.3) is 0 Å². The van der Waals surface area contributed by atoms with Gasteiger partial charge in [-0.2, -0.15) is 0 Å². The monoisotopic (exact) mass is 147 g/mol. The molecular formula is C6H17N3O. The fourth-order valence-corrected chi connectivity index (χ4v) is 0.910. The molecule has 0 amide bonds. The number of hydrogen-bond donors (Lipinski definition) is 4. The normalized spacial score (nSPS) is 14.1. The Morgan fingerprint density at radius 3 is 1.70 bits per heavy atom. The molecule has 0 fully saturated rings. The first kappa shape index (κ1) is 9.84. The number of aliphatic hydroxyl groups is 1. The predicted molar refractivity (Wildman–Crippen MR) is 41.8 cm³/mol. The highest BCUT2D eigenvalue weighted by Gasteiger charge is 2.13. The van der Waals surface area contributed by atoms with Crippen LogP contribution in [0.4, 0.5) is 0 Å². The largest absolute Gasteiger partial charge is 0.395 e. The van der Waals surface area contributed by atoms with Crippen LogP contribution in [0.1, 0.15) is 0 Å². The third-order valence-electron chi connectivity index (χ3n) is 1.59. The van der Waals surface area contributed by atoms with Gasteiger partial charge in [0.15, 0.2) is 0 Å². The first-order valence-corrected chi connectivity index (χ1v) is 3.42. The summed E-state index contributed by atoms with van der Waals surface area (Å²) < 4.78 is 0. The molecule has 62 valence electrons. The maximum Gasteiger partial charge on any atom is 0.0747 e. The molecule has 0 rings (SSSR count). The molecule has 10 heavy (non-hydrogen) atoms. The molecule has 1 unspecified atom stereocenters. The van der Waals surface area contributed by atoms with Crippen molar-refractivity contribution in [3.05, 3.63) is 0 Å². The minimum absolute atomic E-state index is 0.0648. The zero-order valence-corrected chi connectivity index (χ0v) is 6.81. The Kier molecular flexibility index (Phi) is 5.52. The Morgan fingerprint density at radius 2 is 1.60 bits per heavy atom. The molecule has 0 aromatic heterocycles. The Bertz CT molecular complexity index is 61.4. The van der Waals surface area contributed by atoms with E-state index in [9.17, 15) is 0 Å². The van der Waals surface area contributed by atoms with Gasteiger partial charge in [-0.05, 0) is 21.1 Å². The fourth-order valence-electron chi connectivity index (χ4n) is 0.910. The van der Waals surface area contributed by atoms with Crippen LogP contribution in [0.15, 0.2) is 0 Å². The topological polar surface area (TPSA) is 56.3 Å². The van der Waals surface area contributed by atoms with E-state index in [2.05, 4.69) is 16.0 Å². The average Bonchev–Trinajstić information content (AvgIpc) is 2.00. The van der Waals surface area contributed by atoms with E-state index >= 15 is 0 Å². The van der Waals surface area contributed by atoms with E-state index in [0.29, 0.717) is 0 Å². The highest BCUT2D eigenvalue weighted by molar-refractivity contribution is 4.75. The van der Waals surface area contributed by atoms with E-state index in [1.54, 1.807) is 0 Å². The first-order valence-electron chi connectivity index (χ1n) is 3.42. The smallest absolute Gasteiger partial charge is 0.0747 e. The van der Waals surface area contributed by atoms with Crippen molar-refractivity contribution in [3.63, 3.8) is 0 Å². The van der Waals surface area contributed by atoms with Gasteiger partial charge < -0.3 is 21.1 Å². The van der Waals surface area contributed by atoms with Crippen molar-refractivity contribution in [1.29, 1.82) is 0 Å². The number of likely N-dealkylation sites (N-methyl/N-ethyl adjacent to an activating group) is 3. The van der Waals surface area contributed by atoms with Crippen LogP contribution in [0.2, 0.25) is 0 Å². The molecule has 0 saturated carbocycles. The summed E-state index contributed by atoms with van der Waals surface area (Å²) in [6, 6.07) is 0.0648. The summed E-state index contributed by atoms with van der Waals surface area (Å²) in [6.07, 6.45) is 0.120. The molecule has 0 saturated heterocycles. The van der Waals surface area contributed by atoms with E-state index in [0.717, 1.165) is 0 Å². The second-order valence-electron chi connectivity index (χ2n) is 2.13. The highest BCUT2D eigenvalue weighted by Crippen LogP contribution is 1.85. The van der Waals surface area contributed by atoms with Crippen molar-refractivity contribution < 1.29 is 5.11 Å². The van der Waals surface area contributed by atoms with Crippen LogP contribution >= 0.6 is 0 Å². The lowest BCUT2D eigenvalue weighted by Gasteiger charge is -2.23. The van der Waals surface area contributed by atoms with Gasteiger partial charge in [0.1, 0.15) is 0 Å². The van der Waals surface area contributed by atoms with Crippen LogP contribution in [0.3, 0.4) is 0 Å². The maximum atomic E-state index is 8.82. The van der Waals surface area contributed by atoms with Gasteiger partial charge in [0, 0.05) is 0 Å². The SMILES string of the molecule is CNC(CO)C(NC)NC. The van der Waals surface area contributed by atoms with E-state index < -0.39 is 0 Å². The van der Waals surface area contributed by atoms with Crippen molar-refractivity contribution in [2.75, 3.05) is 27.7 Å². The minimum atomic E-state index is 0.0648. The molecule has 0 aliphatic rings. The summed E-state index contributed by atoms with van der Waals surface area (Å²) >= 11 is 0. The first-order chi connectivity index (χ1) is 4.79. The molecule has 0 aliphatic carbocycles. The Labute approximate surface area is 62.0 Å². The molecule has 0 heterocycles. The van der Waals surface area contributed by atoms with Gasteiger partial charge in [-0.3, -0.25) is 0 Å². The lowest BCUT2D eigenvalue weighted by molar-refractivity contribution is 0.209. The van der Waals surface area contributed by atoms with Gasteiger partial charge in [0.2, 0.25) is 0 Å². The molecule has 4 nitrogen and oxygen atoms in total. The molecule has 0 spiro atoms. The predicted octanol–water partition coefficient (Wildman–Crippen LogP) is -1.67. The summed E-state index contributed by atoms with van der Waals surface area (Å²) in [5.41, 5.74) is 0. The van der Waals surface area contributed by atoms with Crippen LogP contribution < -0.4 is 16.0 Å². The maximum absolute atomic E-state index is 8.82. The molecule has 1 atom stereocenters. The highest BCUT2D eigenvalue weighted by atomic mass is 16.3. The summed E-state index contributed by atoms with van der Waals surface area (Å²) in [6.45, 7) is 0.128. The zero-order valence-electron chi connectivity index (χ0n) is 6.81. The fraction of sp³-hybridized carbons (Fsp3) is 1.00. The molecule has 4 N–H and O–H groups in total. The quantitative estimate of drug-likeness (QED) is 0.351.